The smallest absolute Gasteiger partial charge is 0.339 e. The predicted octanol–water partition coefficient (Wildman–Crippen LogP) is 0.832. The van der Waals surface area contributed by atoms with Gasteiger partial charge in [0.25, 0.3) is 5.56 Å². The van der Waals surface area contributed by atoms with Gasteiger partial charge in [-0.25, -0.2) is 4.79 Å². The van der Waals surface area contributed by atoms with Crippen LogP contribution in [0, 0.1) is 11.3 Å². The molecule has 1 aromatic heterocycles. The first-order valence-corrected chi connectivity index (χ1v) is 7.61. The van der Waals surface area contributed by atoms with Crippen molar-refractivity contribution in [2.45, 2.75) is 13.1 Å². The van der Waals surface area contributed by atoms with Gasteiger partial charge in [-0.3, -0.25) is 9.59 Å². The molecule has 0 bridgehead atoms. The number of ether oxygens (including phenoxy) is 2. The molecule has 0 aliphatic heterocycles. The third-order valence-electron chi connectivity index (χ3n) is 3.61. The number of hydrogen-bond acceptors (Lipinski definition) is 6. The molecule has 0 aliphatic rings. The molecule has 8 nitrogen and oxygen atoms in total. The molecule has 0 saturated carbocycles. The number of pyridine rings is 1. The highest BCUT2D eigenvalue weighted by atomic mass is 16.5. The summed E-state index contributed by atoms with van der Waals surface area (Å²) in [5, 5.41) is 11.7. The fourth-order valence-corrected chi connectivity index (χ4v) is 2.32. The maximum Gasteiger partial charge on any atom is 0.339 e. The van der Waals surface area contributed by atoms with Gasteiger partial charge in [0.05, 0.1) is 19.8 Å². The van der Waals surface area contributed by atoms with Gasteiger partial charge in [0.15, 0.2) is 0 Å². The average molecular weight is 355 g/mol. The van der Waals surface area contributed by atoms with Gasteiger partial charge in [-0.2, -0.15) is 5.26 Å². The van der Waals surface area contributed by atoms with E-state index in [9.17, 15) is 14.4 Å². The Kier molecular flexibility index (Phi) is 6.11. The Hall–Kier alpha value is -3.60. The van der Waals surface area contributed by atoms with Crippen molar-refractivity contribution < 1.29 is 19.1 Å². The van der Waals surface area contributed by atoms with Gasteiger partial charge in [-0.15, -0.1) is 0 Å². The fraction of sp³-hybridized carbons (Fsp3) is 0.222. The van der Waals surface area contributed by atoms with E-state index < -0.39 is 17.4 Å². The van der Waals surface area contributed by atoms with E-state index in [1.165, 1.54) is 20.4 Å². The molecule has 0 aliphatic carbocycles. The normalized spacial score (nSPS) is 9.88. The van der Waals surface area contributed by atoms with E-state index in [4.69, 9.17) is 10.00 Å². The predicted molar refractivity (Wildman–Crippen MR) is 91.6 cm³/mol. The van der Waals surface area contributed by atoms with E-state index in [2.05, 4.69) is 10.1 Å². The second kappa shape index (κ2) is 8.48. The number of amides is 1. The number of carbonyl (C=O) groups excluding carboxylic acids is 2. The van der Waals surface area contributed by atoms with Crippen molar-refractivity contribution in [1.82, 2.24) is 9.88 Å². The second-order valence-corrected chi connectivity index (χ2v) is 5.27. The molecular weight excluding hydrogens is 338 g/mol. The zero-order valence-corrected chi connectivity index (χ0v) is 14.3. The number of carbonyl (C=O) groups is 2. The van der Waals surface area contributed by atoms with E-state index in [0.717, 1.165) is 16.2 Å². The number of nitrogens with one attached hydrogen (secondary N) is 1. The fourth-order valence-electron chi connectivity index (χ4n) is 2.32. The minimum atomic E-state index is -0.704. The van der Waals surface area contributed by atoms with Crippen LogP contribution in [0.4, 0.5) is 0 Å². The highest BCUT2D eigenvalue weighted by molar-refractivity contribution is 5.89. The van der Waals surface area contributed by atoms with E-state index in [-0.39, 0.29) is 24.2 Å². The van der Waals surface area contributed by atoms with E-state index in [0.29, 0.717) is 5.75 Å². The highest BCUT2D eigenvalue weighted by Crippen LogP contribution is 2.16. The largest absolute Gasteiger partial charge is 0.496 e. The lowest BCUT2D eigenvalue weighted by Gasteiger charge is -2.11. The van der Waals surface area contributed by atoms with Crippen molar-refractivity contribution in [2.75, 3.05) is 14.2 Å². The Morgan fingerprint density at radius 3 is 2.65 bits per heavy atom. The minimum Gasteiger partial charge on any atom is -0.496 e. The molecule has 0 saturated heterocycles. The van der Waals surface area contributed by atoms with Crippen LogP contribution in [-0.2, 0) is 22.6 Å². The van der Waals surface area contributed by atoms with E-state index >= 15 is 0 Å². The zero-order valence-electron chi connectivity index (χ0n) is 14.3. The van der Waals surface area contributed by atoms with Crippen LogP contribution < -0.4 is 15.6 Å². The van der Waals surface area contributed by atoms with Crippen molar-refractivity contribution in [3.05, 3.63) is 63.6 Å². The summed E-state index contributed by atoms with van der Waals surface area (Å²) in [7, 11) is 2.71. The molecule has 0 atom stereocenters. The lowest BCUT2D eigenvalue weighted by Crippen LogP contribution is -2.33. The lowest BCUT2D eigenvalue weighted by molar-refractivity contribution is -0.121. The number of nitriles is 1. The first-order chi connectivity index (χ1) is 12.5. The number of methoxy groups -OCH3 is 2. The second-order valence-electron chi connectivity index (χ2n) is 5.27. The summed E-state index contributed by atoms with van der Waals surface area (Å²) in [6, 6.07) is 10.0. The topological polar surface area (TPSA) is 110 Å². The lowest BCUT2D eigenvalue weighted by atomic mass is 10.2. The number of rotatable bonds is 6. The third-order valence-corrected chi connectivity index (χ3v) is 3.61. The summed E-state index contributed by atoms with van der Waals surface area (Å²) < 4.78 is 10.8. The van der Waals surface area contributed by atoms with Crippen LogP contribution in [0.5, 0.6) is 5.75 Å². The van der Waals surface area contributed by atoms with E-state index in [1.807, 2.05) is 12.1 Å². The van der Waals surface area contributed by atoms with Crippen molar-refractivity contribution in [1.29, 1.82) is 5.26 Å². The molecule has 26 heavy (non-hydrogen) atoms. The van der Waals surface area contributed by atoms with Crippen LogP contribution in [0.3, 0.4) is 0 Å². The standard InChI is InChI=1S/C18H17N3O5/c1-25-15-6-4-3-5-12(15)9-20-16(22)11-21-10-14(18(24)26-2)7-13(8-19)17(21)23/h3-7,10H,9,11H2,1-2H3,(H,20,22). The van der Waals surface area contributed by atoms with Crippen LogP contribution in [0.15, 0.2) is 41.3 Å². The SMILES string of the molecule is COC(=O)c1cc(C#N)c(=O)n(CC(=O)NCc2ccccc2OC)c1. The van der Waals surface area contributed by atoms with Crippen molar-refractivity contribution in [2.24, 2.45) is 0 Å². The van der Waals surface area contributed by atoms with Gasteiger partial charge >= 0.3 is 5.97 Å². The molecule has 8 heteroatoms. The van der Waals surface area contributed by atoms with Crippen LogP contribution in [-0.4, -0.2) is 30.7 Å². The number of hydrogen-bond donors (Lipinski definition) is 1. The molecule has 2 rings (SSSR count). The van der Waals surface area contributed by atoms with Crippen LogP contribution >= 0.6 is 0 Å². The molecule has 134 valence electrons. The van der Waals surface area contributed by atoms with Crippen molar-refractivity contribution in [3.8, 4) is 11.8 Å². The summed E-state index contributed by atoms with van der Waals surface area (Å²) in [5.41, 5.74) is -0.115. The minimum absolute atomic E-state index is 0.0150. The molecule has 0 spiro atoms. The first-order valence-electron chi connectivity index (χ1n) is 7.61. The average Bonchev–Trinajstić information content (AvgIpc) is 2.67. The molecule has 0 radical (unpaired) electrons. The zero-order chi connectivity index (χ0) is 19.1. The Balaban J connectivity index is 2.17. The number of nitrogens with zero attached hydrogens (tertiary/aromatic N) is 2. The Morgan fingerprint density at radius 2 is 2.00 bits per heavy atom. The Morgan fingerprint density at radius 1 is 1.27 bits per heavy atom. The molecule has 1 N–H and O–H groups in total. The van der Waals surface area contributed by atoms with Gasteiger partial charge in [-0.05, 0) is 12.1 Å². The summed E-state index contributed by atoms with van der Waals surface area (Å²) in [5.74, 6) is -0.530. The molecule has 0 fully saturated rings. The van der Waals surface area contributed by atoms with Gasteiger partial charge in [0.2, 0.25) is 5.91 Å². The number of benzene rings is 1. The third kappa shape index (κ3) is 4.27. The molecular formula is C18H17N3O5. The molecule has 1 amide bonds. The van der Waals surface area contributed by atoms with Crippen LogP contribution in [0.25, 0.3) is 0 Å². The highest BCUT2D eigenvalue weighted by Gasteiger charge is 2.14. The maximum atomic E-state index is 12.2. The summed E-state index contributed by atoms with van der Waals surface area (Å²) in [4.78, 5) is 36.0. The van der Waals surface area contributed by atoms with Crippen molar-refractivity contribution >= 4 is 11.9 Å². The van der Waals surface area contributed by atoms with Gasteiger partial charge < -0.3 is 19.4 Å². The van der Waals surface area contributed by atoms with Gasteiger partial charge in [0.1, 0.15) is 23.9 Å². The van der Waals surface area contributed by atoms with Crippen LogP contribution in [0.1, 0.15) is 21.5 Å². The first kappa shape index (κ1) is 18.7. The Bertz CT molecular complexity index is 927. The molecule has 2 aromatic rings. The number of aromatic nitrogens is 1. The molecule has 1 aromatic carbocycles. The Labute approximate surface area is 149 Å². The monoisotopic (exact) mass is 355 g/mol. The maximum absolute atomic E-state index is 12.2. The van der Waals surface area contributed by atoms with E-state index in [1.54, 1.807) is 18.2 Å². The number of esters is 1. The van der Waals surface area contributed by atoms with Gasteiger partial charge in [-0.1, -0.05) is 18.2 Å². The molecule has 1 heterocycles. The quantitative estimate of drug-likeness (QED) is 0.769. The summed E-state index contributed by atoms with van der Waals surface area (Å²) in [6.07, 6.45) is 1.19. The summed E-state index contributed by atoms with van der Waals surface area (Å²) >= 11 is 0. The van der Waals surface area contributed by atoms with Crippen molar-refractivity contribution in [3.63, 3.8) is 0 Å². The summed E-state index contributed by atoms with van der Waals surface area (Å²) in [6.45, 7) is -0.132. The van der Waals surface area contributed by atoms with Gasteiger partial charge in [0, 0.05) is 18.3 Å². The number of para-hydroxylation sites is 1. The van der Waals surface area contributed by atoms with Crippen LogP contribution in [0.2, 0.25) is 0 Å². The molecule has 0 unspecified atom stereocenters.